The molecule has 0 amide bonds. The van der Waals surface area contributed by atoms with Crippen LogP contribution in [0.1, 0.15) is 52.1 Å². The highest BCUT2D eigenvalue weighted by Crippen LogP contribution is 2.31. The molecule has 5 heteroatoms. The number of benzene rings is 1. The number of fused-ring (bicyclic) bond motifs is 1. The smallest absolute Gasteiger partial charge is 0.137 e. The minimum absolute atomic E-state index is 0.572. The zero-order valence-electron chi connectivity index (χ0n) is 17.8. The van der Waals surface area contributed by atoms with Gasteiger partial charge < -0.3 is 14.9 Å². The van der Waals surface area contributed by atoms with E-state index in [0.29, 0.717) is 12.1 Å². The van der Waals surface area contributed by atoms with E-state index in [4.69, 9.17) is 15.5 Å². The van der Waals surface area contributed by atoms with Crippen molar-refractivity contribution in [3.05, 3.63) is 48.3 Å². The topological polar surface area (TPSA) is 55.8 Å². The van der Waals surface area contributed by atoms with Crippen LogP contribution in [0.15, 0.2) is 42.6 Å². The highest BCUT2D eigenvalue weighted by Gasteiger charge is 2.27. The van der Waals surface area contributed by atoms with Gasteiger partial charge in [0.15, 0.2) is 0 Å². The number of rotatable bonds is 6. The Morgan fingerprint density at radius 3 is 2.48 bits per heavy atom. The Morgan fingerprint density at radius 2 is 1.79 bits per heavy atom. The lowest BCUT2D eigenvalue weighted by Crippen LogP contribution is -2.43. The standard InChI is InChI=1S/C24H32N4O/c1-4-14-29-21-11-8-19(9-12-21)24-22(16-27-17(2)6-5-7-18(27)3)28-15-20(25)10-13-23(28)26-24/h8-13,15,17-18H,4-7,14,16,25H2,1-3H3. The van der Waals surface area contributed by atoms with Crippen LogP contribution in [0.4, 0.5) is 5.69 Å². The van der Waals surface area contributed by atoms with Crippen molar-refractivity contribution >= 4 is 11.3 Å². The van der Waals surface area contributed by atoms with Crippen LogP contribution in [-0.4, -0.2) is 33.0 Å². The van der Waals surface area contributed by atoms with Crippen LogP contribution < -0.4 is 10.5 Å². The number of anilines is 1. The second-order valence-corrected chi connectivity index (χ2v) is 8.27. The number of hydrogen-bond acceptors (Lipinski definition) is 4. The molecule has 1 saturated heterocycles. The number of pyridine rings is 1. The maximum absolute atomic E-state index is 6.12. The fourth-order valence-corrected chi connectivity index (χ4v) is 4.38. The van der Waals surface area contributed by atoms with Crippen molar-refractivity contribution in [2.75, 3.05) is 12.3 Å². The Bertz CT molecular complexity index is 953. The summed E-state index contributed by atoms with van der Waals surface area (Å²) in [6, 6.07) is 13.4. The summed E-state index contributed by atoms with van der Waals surface area (Å²) in [5, 5.41) is 0. The number of likely N-dealkylation sites (tertiary alicyclic amines) is 1. The van der Waals surface area contributed by atoms with Crippen molar-refractivity contribution in [1.29, 1.82) is 0 Å². The minimum atomic E-state index is 0.572. The molecule has 2 unspecified atom stereocenters. The minimum Gasteiger partial charge on any atom is -0.494 e. The van der Waals surface area contributed by atoms with E-state index in [-0.39, 0.29) is 0 Å². The first-order chi connectivity index (χ1) is 14.1. The highest BCUT2D eigenvalue weighted by atomic mass is 16.5. The van der Waals surface area contributed by atoms with E-state index in [9.17, 15) is 0 Å². The Hall–Kier alpha value is -2.53. The summed E-state index contributed by atoms with van der Waals surface area (Å²) in [5.74, 6) is 0.906. The largest absolute Gasteiger partial charge is 0.494 e. The van der Waals surface area contributed by atoms with Gasteiger partial charge in [0.2, 0.25) is 0 Å². The summed E-state index contributed by atoms with van der Waals surface area (Å²) in [4.78, 5) is 7.58. The number of aromatic nitrogens is 2. The summed E-state index contributed by atoms with van der Waals surface area (Å²) in [6.45, 7) is 8.41. The summed E-state index contributed by atoms with van der Waals surface area (Å²) in [5.41, 5.74) is 11.2. The number of nitrogens with two attached hydrogens (primary N) is 1. The summed E-state index contributed by atoms with van der Waals surface area (Å²) in [6.07, 6.45) is 6.82. The third kappa shape index (κ3) is 4.10. The molecule has 3 heterocycles. The first kappa shape index (κ1) is 19.8. The third-order valence-electron chi connectivity index (χ3n) is 6.05. The molecule has 1 aliphatic rings. The molecule has 1 fully saturated rings. The molecule has 1 aromatic carbocycles. The third-order valence-corrected chi connectivity index (χ3v) is 6.05. The van der Waals surface area contributed by atoms with E-state index in [0.717, 1.165) is 47.9 Å². The van der Waals surface area contributed by atoms with Crippen LogP contribution >= 0.6 is 0 Å². The maximum atomic E-state index is 6.12. The molecule has 0 spiro atoms. The van der Waals surface area contributed by atoms with E-state index in [2.05, 4.69) is 42.2 Å². The van der Waals surface area contributed by atoms with Gasteiger partial charge in [0, 0.05) is 36.1 Å². The van der Waals surface area contributed by atoms with Gasteiger partial charge in [-0.05, 0) is 69.5 Å². The van der Waals surface area contributed by atoms with Crippen molar-refractivity contribution in [3.8, 4) is 17.0 Å². The molecule has 3 aromatic rings. The lowest BCUT2D eigenvalue weighted by molar-refractivity contribution is 0.0937. The number of ether oxygens (including phenoxy) is 1. The van der Waals surface area contributed by atoms with Crippen LogP contribution in [0.5, 0.6) is 5.75 Å². The van der Waals surface area contributed by atoms with Crippen molar-refractivity contribution < 1.29 is 4.74 Å². The van der Waals surface area contributed by atoms with E-state index >= 15 is 0 Å². The molecule has 0 bridgehead atoms. The van der Waals surface area contributed by atoms with Crippen molar-refractivity contribution in [2.45, 2.75) is 65.1 Å². The van der Waals surface area contributed by atoms with Crippen LogP contribution in [-0.2, 0) is 6.54 Å². The number of piperidine rings is 1. The van der Waals surface area contributed by atoms with Crippen molar-refractivity contribution in [3.63, 3.8) is 0 Å². The van der Waals surface area contributed by atoms with Crippen LogP contribution in [0.2, 0.25) is 0 Å². The lowest BCUT2D eigenvalue weighted by Gasteiger charge is -2.39. The van der Waals surface area contributed by atoms with Gasteiger partial charge in [0.1, 0.15) is 11.4 Å². The van der Waals surface area contributed by atoms with Gasteiger partial charge in [0.05, 0.1) is 18.0 Å². The van der Waals surface area contributed by atoms with Crippen molar-refractivity contribution in [2.24, 2.45) is 0 Å². The molecule has 0 aliphatic carbocycles. The Kier molecular flexibility index (Phi) is 5.76. The fourth-order valence-electron chi connectivity index (χ4n) is 4.38. The Morgan fingerprint density at radius 1 is 1.07 bits per heavy atom. The summed E-state index contributed by atoms with van der Waals surface area (Å²) >= 11 is 0. The van der Waals surface area contributed by atoms with Gasteiger partial charge >= 0.3 is 0 Å². The van der Waals surface area contributed by atoms with Gasteiger partial charge in [-0.15, -0.1) is 0 Å². The molecular formula is C24H32N4O. The number of nitrogens with zero attached hydrogens (tertiary/aromatic N) is 3. The van der Waals surface area contributed by atoms with Gasteiger partial charge in [-0.1, -0.05) is 13.3 Å². The van der Waals surface area contributed by atoms with Gasteiger partial charge in [-0.2, -0.15) is 0 Å². The van der Waals surface area contributed by atoms with Gasteiger partial charge in [-0.25, -0.2) is 4.98 Å². The monoisotopic (exact) mass is 392 g/mol. The fraction of sp³-hybridized carbons (Fsp3) is 0.458. The molecule has 0 radical (unpaired) electrons. The first-order valence-electron chi connectivity index (χ1n) is 10.8. The normalized spacial score (nSPS) is 20.2. The SMILES string of the molecule is CCCOc1ccc(-c2nc3ccc(N)cn3c2CN2C(C)CCCC2C)cc1. The molecule has 1 aliphatic heterocycles. The predicted molar refractivity (Wildman–Crippen MR) is 119 cm³/mol. The molecule has 154 valence electrons. The molecule has 2 aromatic heterocycles. The Labute approximate surface area is 173 Å². The zero-order chi connectivity index (χ0) is 20.4. The van der Waals surface area contributed by atoms with Crippen LogP contribution in [0.3, 0.4) is 0 Å². The molecule has 29 heavy (non-hydrogen) atoms. The predicted octanol–water partition coefficient (Wildman–Crippen LogP) is 5.14. The molecular weight excluding hydrogens is 360 g/mol. The molecule has 2 atom stereocenters. The van der Waals surface area contributed by atoms with E-state index in [1.165, 1.54) is 25.0 Å². The van der Waals surface area contributed by atoms with E-state index in [1.807, 2.05) is 30.5 Å². The second kappa shape index (κ2) is 8.46. The molecule has 5 nitrogen and oxygen atoms in total. The second-order valence-electron chi connectivity index (χ2n) is 8.27. The lowest BCUT2D eigenvalue weighted by atomic mass is 9.97. The quantitative estimate of drug-likeness (QED) is 0.631. The van der Waals surface area contributed by atoms with Crippen LogP contribution in [0.25, 0.3) is 16.9 Å². The number of hydrogen-bond donors (Lipinski definition) is 1. The van der Waals surface area contributed by atoms with Gasteiger partial charge in [0.25, 0.3) is 0 Å². The van der Waals surface area contributed by atoms with Crippen LogP contribution in [0, 0.1) is 0 Å². The first-order valence-corrected chi connectivity index (χ1v) is 10.8. The highest BCUT2D eigenvalue weighted by molar-refractivity contribution is 5.68. The number of imidazole rings is 1. The average molecular weight is 393 g/mol. The Balaban J connectivity index is 1.74. The molecule has 0 saturated carbocycles. The summed E-state index contributed by atoms with van der Waals surface area (Å²) in [7, 11) is 0. The molecule has 2 N–H and O–H groups in total. The average Bonchev–Trinajstić information content (AvgIpc) is 3.07. The molecule has 4 rings (SSSR count). The summed E-state index contributed by atoms with van der Waals surface area (Å²) < 4.78 is 7.92. The van der Waals surface area contributed by atoms with Crippen molar-refractivity contribution in [1.82, 2.24) is 14.3 Å². The van der Waals surface area contributed by atoms with Gasteiger partial charge in [-0.3, -0.25) is 4.90 Å². The zero-order valence-corrected chi connectivity index (χ0v) is 17.8. The van der Waals surface area contributed by atoms with E-state index < -0.39 is 0 Å². The number of nitrogen functional groups attached to an aromatic ring is 1. The maximum Gasteiger partial charge on any atom is 0.137 e. The van der Waals surface area contributed by atoms with E-state index in [1.54, 1.807) is 0 Å².